The zero-order chi connectivity index (χ0) is 14.7. The summed E-state index contributed by atoms with van der Waals surface area (Å²) in [5, 5.41) is 4.11. The number of rotatable bonds is 4. The summed E-state index contributed by atoms with van der Waals surface area (Å²) in [5.41, 5.74) is 1.16. The van der Waals surface area contributed by atoms with Crippen LogP contribution in [0.1, 0.15) is 38.7 Å². The van der Waals surface area contributed by atoms with E-state index in [1.807, 2.05) is 26.1 Å². The van der Waals surface area contributed by atoms with Gasteiger partial charge in [-0.1, -0.05) is 31.5 Å². The maximum Gasteiger partial charge on any atom is 0.138 e. The van der Waals surface area contributed by atoms with Crippen molar-refractivity contribution in [1.82, 2.24) is 5.32 Å². The van der Waals surface area contributed by atoms with Crippen LogP contribution < -0.4 is 10.1 Å². The molecule has 0 heterocycles. The molecule has 1 saturated carbocycles. The molecule has 1 N–H and O–H groups in total. The molecule has 1 aromatic rings. The minimum Gasteiger partial charge on any atom is -0.487 e. The Morgan fingerprint density at radius 2 is 2.05 bits per heavy atom. The van der Waals surface area contributed by atoms with E-state index in [0.29, 0.717) is 17.0 Å². The van der Waals surface area contributed by atoms with Gasteiger partial charge in [-0.15, -0.1) is 0 Å². The molecule has 2 nitrogen and oxygen atoms in total. The SMILES string of the molecule is CNC1CCC(C(C)C)CC1Oc1ccc(C)cc1Cl. The lowest BCUT2D eigenvalue weighted by molar-refractivity contribution is 0.0750. The molecule has 0 radical (unpaired) electrons. The zero-order valence-electron chi connectivity index (χ0n) is 12.9. The van der Waals surface area contributed by atoms with Crippen LogP contribution in [0.5, 0.6) is 5.75 Å². The van der Waals surface area contributed by atoms with Gasteiger partial charge in [-0.2, -0.15) is 0 Å². The van der Waals surface area contributed by atoms with Crippen LogP contribution in [0.15, 0.2) is 18.2 Å². The van der Waals surface area contributed by atoms with E-state index in [0.717, 1.165) is 23.7 Å². The van der Waals surface area contributed by atoms with Crippen molar-refractivity contribution in [2.45, 2.75) is 52.2 Å². The molecule has 1 aromatic carbocycles. The average molecular weight is 296 g/mol. The van der Waals surface area contributed by atoms with E-state index in [1.54, 1.807) is 0 Å². The highest BCUT2D eigenvalue weighted by Crippen LogP contribution is 2.34. The normalized spacial score (nSPS) is 26.8. The van der Waals surface area contributed by atoms with Crippen molar-refractivity contribution in [1.29, 1.82) is 0 Å². The lowest BCUT2D eigenvalue weighted by atomic mass is 9.78. The number of likely N-dealkylation sites (N-methyl/N-ethyl adjacent to an activating group) is 1. The molecule has 0 bridgehead atoms. The van der Waals surface area contributed by atoms with E-state index < -0.39 is 0 Å². The van der Waals surface area contributed by atoms with Crippen molar-refractivity contribution in [3.63, 3.8) is 0 Å². The largest absolute Gasteiger partial charge is 0.487 e. The summed E-state index contributed by atoms with van der Waals surface area (Å²) in [5.74, 6) is 2.27. The fraction of sp³-hybridized carbons (Fsp3) is 0.647. The van der Waals surface area contributed by atoms with E-state index in [1.165, 1.54) is 12.8 Å². The van der Waals surface area contributed by atoms with Crippen molar-refractivity contribution in [3.05, 3.63) is 28.8 Å². The van der Waals surface area contributed by atoms with Crippen LogP contribution in [-0.4, -0.2) is 19.2 Å². The highest BCUT2D eigenvalue weighted by atomic mass is 35.5. The second-order valence-electron chi connectivity index (χ2n) is 6.30. The van der Waals surface area contributed by atoms with Gasteiger partial charge in [-0.3, -0.25) is 0 Å². The summed E-state index contributed by atoms with van der Waals surface area (Å²) < 4.78 is 6.23. The van der Waals surface area contributed by atoms with Crippen LogP contribution in [-0.2, 0) is 0 Å². The van der Waals surface area contributed by atoms with Crippen LogP contribution in [0.2, 0.25) is 5.02 Å². The number of aryl methyl sites for hydroxylation is 1. The van der Waals surface area contributed by atoms with Crippen molar-refractivity contribution < 1.29 is 4.74 Å². The number of halogens is 1. The Hall–Kier alpha value is -0.730. The topological polar surface area (TPSA) is 21.3 Å². The molecule has 0 spiro atoms. The van der Waals surface area contributed by atoms with E-state index in [2.05, 4.69) is 25.2 Å². The van der Waals surface area contributed by atoms with Gasteiger partial charge in [0.1, 0.15) is 11.9 Å². The molecule has 0 saturated heterocycles. The van der Waals surface area contributed by atoms with Gasteiger partial charge < -0.3 is 10.1 Å². The summed E-state index contributed by atoms with van der Waals surface area (Å²) in [6.45, 7) is 6.65. The first kappa shape index (κ1) is 15.7. The summed E-state index contributed by atoms with van der Waals surface area (Å²) in [6, 6.07) is 6.43. The summed E-state index contributed by atoms with van der Waals surface area (Å²) in [7, 11) is 2.02. The van der Waals surface area contributed by atoms with E-state index in [9.17, 15) is 0 Å². The standard InChI is InChI=1S/C17H26ClNO/c1-11(2)13-6-7-15(19-4)17(10-13)20-16-8-5-12(3)9-14(16)18/h5,8-9,11,13,15,17,19H,6-7,10H2,1-4H3. The maximum atomic E-state index is 6.29. The lowest BCUT2D eigenvalue weighted by Crippen LogP contribution is -2.46. The number of benzene rings is 1. The van der Waals surface area contributed by atoms with Gasteiger partial charge in [0, 0.05) is 6.04 Å². The average Bonchev–Trinajstić information content (AvgIpc) is 2.41. The molecule has 1 aliphatic rings. The van der Waals surface area contributed by atoms with Gasteiger partial charge in [-0.25, -0.2) is 0 Å². The molecule has 3 atom stereocenters. The van der Waals surface area contributed by atoms with Crippen molar-refractivity contribution in [2.24, 2.45) is 11.8 Å². The monoisotopic (exact) mass is 295 g/mol. The van der Waals surface area contributed by atoms with Crippen molar-refractivity contribution in [2.75, 3.05) is 7.05 Å². The second kappa shape index (κ2) is 6.82. The Kier molecular flexibility index (Phi) is 5.34. The molecule has 1 fully saturated rings. The quantitative estimate of drug-likeness (QED) is 0.886. The molecule has 0 aromatic heterocycles. The first-order valence-corrected chi connectivity index (χ1v) is 7.99. The highest BCUT2D eigenvalue weighted by molar-refractivity contribution is 6.32. The number of hydrogen-bond donors (Lipinski definition) is 1. The Morgan fingerprint density at radius 1 is 1.30 bits per heavy atom. The van der Waals surface area contributed by atoms with Gasteiger partial charge in [0.25, 0.3) is 0 Å². The summed E-state index contributed by atoms with van der Waals surface area (Å²) in [6.07, 6.45) is 3.77. The molecule has 3 heteroatoms. The number of hydrogen-bond acceptors (Lipinski definition) is 2. The fourth-order valence-corrected chi connectivity index (χ4v) is 3.37. The summed E-state index contributed by atoms with van der Waals surface area (Å²) >= 11 is 6.29. The van der Waals surface area contributed by atoms with Gasteiger partial charge in [0.2, 0.25) is 0 Å². The molecule has 3 unspecified atom stereocenters. The van der Waals surface area contributed by atoms with Crippen molar-refractivity contribution >= 4 is 11.6 Å². The lowest BCUT2D eigenvalue weighted by Gasteiger charge is -2.37. The van der Waals surface area contributed by atoms with Crippen LogP contribution in [0, 0.1) is 18.8 Å². The third kappa shape index (κ3) is 3.67. The molecule has 2 rings (SSSR count). The summed E-state index contributed by atoms with van der Waals surface area (Å²) in [4.78, 5) is 0. The Bertz CT molecular complexity index is 447. The zero-order valence-corrected chi connectivity index (χ0v) is 13.7. The van der Waals surface area contributed by atoms with Crippen LogP contribution in [0.25, 0.3) is 0 Å². The van der Waals surface area contributed by atoms with E-state index >= 15 is 0 Å². The number of nitrogens with one attached hydrogen (secondary N) is 1. The first-order chi connectivity index (χ1) is 9.51. The van der Waals surface area contributed by atoms with Crippen LogP contribution >= 0.6 is 11.6 Å². The van der Waals surface area contributed by atoms with Gasteiger partial charge in [-0.05, 0) is 62.8 Å². The van der Waals surface area contributed by atoms with Gasteiger partial charge >= 0.3 is 0 Å². The molecule has 1 aliphatic carbocycles. The predicted octanol–water partition coefficient (Wildman–Crippen LogP) is 4.44. The van der Waals surface area contributed by atoms with E-state index in [-0.39, 0.29) is 6.10 Å². The maximum absolute atomic E-state index is 6.29. The third-order valence-electron chi connectivity index (χ3n) is 4.51. The Labute approximate surface area is 127 Å². The Morgan fingerprint density at radius 3 is 2.65 bits per heavy atom. The minimum atomic E-state index is 0.210. The minimum absolute atomic E-state index is 0.210. The first-order valence-electron chi connectivity index (χ1n) is 7.61. The molecular formula is C17H26ClNO. The molecule has 20 heavy (non-hydrogen) atoms. The Balaban J connectivity index is 2.11. The fourth-order valence-electron chi connectivity index (χ4n) is 3.09. The van der Waals surface area contributed by atoms with Crippen molar-refractivity contribution in [3.8, 4) is 5.75 Å². The molecular weight excluding hydrogens is 270 g/mol. The van der Waals surface area contributed by atoms with Gasteiger partial charge in [0.15, 0.2) is 0 Å². The highest BCUT2D eigenvalue weighted by Gasteiger charge is 2.32. The predicted molar refractivity (Wildman–Crippen MR) is 85.6 cm³/mol. The van der Waals surface area contributed by atoms with E-state index in [4.69, 9.17) is 16.3 Å². The van der Waals surface area contributed by atoms with Gasteiger partial charge in [0.05, 0.1) is 5.02 Å². The van der Waals surface area contributed by atoms with Crippen LogP contribution in [0.3, 0.4) is 0 Å². The smallest absolute Gasteiger partial charge is 0.138 e. The molecule has 0 aliphatic heterocycles. The number of ether oxygens (including phenoxy) is 1. The third-order valence-corrected chi connectivity index (χ3v) is 4.81. The van der Waals surface area contributed by atoms with Crippen LogP contribution in [0.4, 0.5) is 0 Å². The second-order valence-corrected chi connectivity index (χ2v) is 6.71. The molecule has 112 valence electrons. The molecule has 0 amide bonds.